The fraction of sp³-hybridized carbons (Fsp3) is 0.440. The van der Waals surface area contributed by atoms with Crippen molar-refractivity contribution in [1.82, 2.24) is 9.67 Å². The molecule has 0 N–H and O–H groups in total. The first-order chi connectivity index (χ1) is 15.1. The van der Waals surface area contributed by atoms with Crippen LogP contribution in [0.4, 0.5) is 0 Å². The maximum atomic E-state index is 10.4. The van der Waals surface area contributed by atoms with Gasteiger partial charge < -0.3 is 4.55 Å². The van der Waals surface area contributed by atoms with Crippen LogP contribution < -0.4 is 4.68 Å². The smallest absolute Gasteiger partial charge is 0.271 e. The second kappa shape index (κ2) is 10.4. The molecule has 0 amide bonds. The summed E-state index contributed by atoms with van der Waals surface area (Å²) in [6, 6.07) is 10.2. The van der Waals surface area contributed by atoms with Gasteiger partial charge in [-0.2, -0.15) is 0 Å². The fourth-order valence-corrected chi connectivity index (χ4v) is 4.91. The minimum atomic E-state index is -4.27. The normalized spacial score (nSPS) is 14.7. The molecule has 0 spiro atoms. The molecule has 6 nitrogen and oxygen atoms in total. The third-order valence-electron chi connectivity index (χ3n) is 5.95. The van der Waals surface area contributed by atoms with E-state index in [0.29, 0.717) is 0 Å². The highest BCUT2D eigenvalue weighted by Crippen LogP contribution is 2.24. The molecule has 0 radical (unpaired) electrons. The zero-order chi connectivity index (χ0) is 23.3. The van der Waals surface area contributed by atoms with Crippen LogP contribution >= 0.6 is 0 Å². The van der Waals surface area contributed by atoms with Crippen molar-refractivity contribution in [3.63, 3.8) is 0 Å². The summed E-state index contributed by atoms with van der Waals surface area (Å²) in [7, 11) is -4.27. The molecule has 0 atom stereocenters. The molecule has 7 heteroatoms. The highest BCUT2D eigenvalue weighted by molar-refractivity contribution is 7.85. The standard InChI is InChI=1S/C18H26N3.C7H8O3S/c1-14-9-15(2)18(16(3)10-14)21-13-20(12-19-21)11-17-7-5-4-6-8-17;1-6-2-4-7(5-3-6)11(8,9)10/h9-10,12-13,17H,4-8,11H2,1-3H3;2-5H,1H3,(H,8,9,10)/q+1;/p-1. The molecule has 4 rings (SSSR count). The highest BCUT2D eigenvalue weighted by atomic mass is 32.2. The molecule has 1 aliphatic rings. The lowest BCUT2D eigenvalue weighted by atomic mass is 9.89. The molecule has 0 saturated heterocycles. The molecule has 1 saturated carbocycles. The van der Waals surface area contributed by atoms with Crippen LogP contribution in [0.25, 0.3) is 5.69 Å². The first-order valence-electron chi connectivity index (χ1n) is 11.2. The Morgan fingerprint density at radius 2 is 1.56 bits per heavy atom. The molecule has 1 aromatic heterocycles. The van der Waals surface area contributed by atoms with E-state index >= 15 is 0 Å². The lowest BCUT2D eigenvalue weighted by Crippen LogP contribution is -2.34. The van der Waals surface area contributed by atoms with E-state index in [1.807, 2.05) is 17.9 Å². The van der Waals surface area contributed by atoms with E-state index in [4.69, 9.17) is 0 Å². The summed E-state index contributed by atoms with van der Waals surface area (Å²) < 4.78 is 35.5. The van der Waals surface area contributed by atoms with Crippen molar-refractivity contribution in [3.8, 4) is 5.69 Å². The SMILES string of the molecule is Cc1cc(C)c(-[n+]2cn(CC3CCCCC3)cn2)c(C)c1.Cc1ccc(S(=O)(=O)[O-])cc1. The molecule has 0 aliphatic heterocycles. The van der Waals surface area contributed by atoms with Crippen LogP contribution in [-0.4, -0.2) is 22.6 Å². The van der Waals surface area contributed by atoms with Crippen LogP contribution in [0, 0.1) is 33.6 Å². The third kappa shape index (κ3) is 6.50. The van der Waals surface area contributed by atoms with Gasteiger partial charge in [-0.15, -0.1) is 4.68 Å². The average molecular weight is 456 g/mol. The molecular weight excluding hydrogens is 422 g/mol. The summed E-state index contributed by atoms with van der Waals surface area (Å²) in [5.41, 5.74) is 6.05. The second-order valence-corrected chi connectivity index (χ2v) is 10.3. The second-order valence-electron chi connectivity index (χ2n) is 8.91. The van der Waals surface area contributed by atoms with Gasteiger partial charge in [0.05, 0.1) is 11.4 Å². The molecule has 0 bridgehead atoms. The highest BCUT2D eigenvalue weighted by Gasteiger charge is 2.19. The van der Waals surface area contributed by atoms with E-state index in [-0.39, 0.29) is 4.90 Å². The van der Waals surface area contributed by atoms with Crippen molar-refractivity contribution in [1.29, 1.82) is 0 Å². The summed E-state index contributed by atoms with van der Waals surface area (Å²) in [6.07, 6.45) is 11.1. The molecule has 172 valence electrons. The third-order valence-corrected chi connectivity index (χ3v) is 6.80. The predicted molar refractivity (Wildman–Crippen MR) is 124 cm³/mol. The zero-order valence-electron chi connectivity index (χ0n) is 19.4. The van der Waals surface area contributed by atoms with Gasteiger partial charge in [0.1, 0.15) is 10.1 Å². The summed E-state index contributed by atoms with van der Waals surface area (Å²) in [6.45, 7) is 9.42. The lowest BCUT2D eigenvalue weighted by Gasteiger charge is -2.19. The molecule has 1 fully saturated rings. The fourth-order valence-electron chi connectivity index (χ4n) is 4.44. The first-order valence-corrected chi connectivity index (χ1v) is 12.6. The van der Waals surface area contributed by atoms with Gasteiger partial charge >= 0.3 is 0 Å². The Bertz CT molecular complexity index is 1120. The van der Waals surface area contributed by atoms with Crippen molar-refractivity contribution in [2.24, 2.45) is 5.92 Å². The van der Waals surface area contributed by atoms with E-state index in [1.165, 1.54) is 66.6 Å². The van der Waals surface area contributed by atoms with Gasteiger partial charge in [-0.25, -0.2) is 13.0 Å². The van der Waals surface area contributed by atoms with Gasteiger partial charge in [0.2, 0.25) is 6.33 Å². The summed E-state index contributed by atoms with van der Waals surface area (Å²) >= 11 is 0. The Morgan fingerprint density at radius 1 is 0.969 bits per heavy atom. The quantitative estimate of drug-likeness (QED) is 0.427. The van der Waals surface area contributed by atoms with Crippen molar-refractivity contribution >= 4 is 10.1 Å². The van der Waals surface area contributed by atoms with Crippen LogP contribution in [0.2, 0.25) is 0 Å². The van der Waals surface area contributed by atoms with Crippen LogP contribution in [0.15, 0.2) is 53.9 Å². The van der Waals surface area contributed by atoms with Crippen molar-refractivity contribution in [3.05, 3.63) is 71.3 Å². The van der Waals surface area contributed by atoms with Gasteiger partial charge in [-0.1, -0.05) is 54.7 Å². The van der Waals surface area contributed by atoms with E-state index < -0.39 is 10.1 Å². The van der Waals surface area contributed by atoms with E-state index in [2.05, 4.69) is 48.9 Å². The van der Waals surface area contributed by atoms with Gasteiger partial charge in [0.25, 0.3) is 6.33 Å². The topological polar surface area (TPSA) is 78.9 Å². The maximum Gasteiger partial charge on any atom is 0.271 e. The number of hydrogen-bond acceptors (Lipinski definition) is 4. The monoisotopic (exact) mass is 455 g/mol. The largest absolute Gasteiger partial charge is 0.744 e. The Labute approximate surface area is 191 Å². The van der Waals surface area contributed by atoms with Gasteiger partial charge in [-0.05, 0) is 74.8 Å². The first kappa shape index (κ1) is 24.1. The lowest BCUT2D eigenvalue weighted by molar-refractivity contribution is -0.658. The average Bonchev–Trinajstić information content (AvgIpc) is 3.16. The van der Waals surface area contributed by atoms with E-state index in [9.17, 15) is 13.0 Å². The molecule has 0 unspecified atom stereocenters. The molecule has 2 aromatic carbocycles. The van der Waals surface area contributed by atoms with Gasteiger partial charge in [0.15, 0.2) is 5.69 Å². The molecule has 1 aliphatic carbocycles. The molecule has 3 aromatic rings. The Balaban J connectivity index is 0.000000222. The van der Waals surface area contributed by atoms with E-state index in [0.717, 1.165) is 18.0 Å². The minimum Gasteiger partial charge on any atom is -0.744 e. The van der Waals surface area contributed by atoms with E-state index in [1.54, 1.807) is 12.1 Å². The summed E-state index contributed by atoms with van der Waals surface area (Å²) in [5, 5.41) is 4.58. The number of nitrogens with zero attached hydrogens (tertiary/aromatic N) is 3. The minimum absolute atomic E-state index is 0.178. The number of aryl methyl sites for hydroxylation is 4. The Morgan fingerprint density at radius 3 is 2.12 bits per heavy atom. The number of benzene rings is 2. The number of rotatable bonds is 4. The van der Waals surface area contributed by atoms with Crippen LogP contribution in [-0.2, 0) is 16.7 Å². The van der Waals surface area contributed by atoms with Crippen LogP contribution in [0.3, 0.4) is 0 Å². The predicted octanol–water partition coefficient (Wildman–Crippen LogP) is 4.56. The summed E-state index contributed by atoms with van der Waals surface area (Å²) in [4.78, 5) is -0.178. The van der Waals surface area contributed by atoms with Gasteiger partial charge in [0, 0.05) is 0 Å². The Kier molecular flexibility index (Phi) is 7.85. The van der Waals surface area contributed by atoms with Crippen molar-refractivity contribution in [2.75, 3.05) is 0 Å². The van der Waals surface area contributed by atoms with Crippen LogP contribution in [0.1, 0.15) is 54.4 Å². The molecule has 32 heavy (non-hydrogen) atoms. The summed E-state index contributed by atoms with van der Waals surface area (Å²) in [5.74, 6) is 0.835. The molecule has 1 heterocycles. The number of aromatic nitrogens is 3. The van der Waals surface area contributed by atoms with Crippen LogP contribution in [0.5, 0.6) is 0 Å². The van der Waals surface area contributed by atoms with Crippen molar-refractivity contribution in [2.45, 2.75) is 71.2 Å². The zero-order valence-corrected chi connectivity index (χ0v) is 20.2. The molecular formula is C25H33N3O3S. The Hall–Kier alpha value is -2.51. The van der Waals surface area contributed by atoms with Gasteiger partial charge in [-0.3, -0.25) is 0 Å². The number of hydrogen-bond donors (Lipinski definition) is 0. The van der Waals surface area contributed by atoms with Crippen molar-refractivity contribution < 1.29 is 17.7 Å². The maximum absolute atomic E-state index is 10.4.